The number of aliphatic carboxylic acids is 1. The molecule has 0 spiro atoms. The molecule has 1 heterocycles. The monoisotopic (exact) mass is 295 g/mol. The summed E-state index contributed by atoms with van der Waals surface area (Å²) in [5.41, 5.74) is 0.671. The van der Waals surface area contributed by atoms with Gasteiger partial charge in [-0.2, -0.15) is 0 Å². The molecule has 0 bridgehead atoms. The Labute approximate surface area is 123 Å². The van der Waals surface area contributed by atoms with Gasteiger partial charge in [0, 0.05) is 19.2 Å². The second-order valence-corrected chi connectivity index (χ2v) is 5.65. The largest absolute Gasteiger partial charge is 0.478 e. The van der Waals surface area contributed by atoms with Gasteiger partial charge < -0.3 is 10.0 Å². The van der Waals surface area contributed by atoms with E-state index in [9.17, 15) is 9.59 Å². The van der Waals surface area contributed by atoms with Crippen LogP contribution in [0.5, 0.6) is 0 Å². The highest BCUT2D eigenvalue weighted by Gasteiger charge is 2.19. The van der Waals surface area contributed by atoms with Crippen molar-refractivity contribution in [2.45, 2.75) is 27.2 Å². The summed E-state index contributed by atoms with van der Waals surface area (Å²) in [4.78, 5) is 25.5. The summed E-state index contributed by atoms with van der Waals surface area (Å²) in [6.45, 7) is 7.57. The Hall–Kier alpha value is -1.62. The van der Waals surface area contributed by atoms with Crippen LogP contribution in [0.4, 0.5) is 0 Å². The van der Waals surface area contributed by atoms with Crippen LogP contribution >= 0.6 is 11.3 Å². The number of nitrogens with zero attached hydrogens (tertiary/aromatic N) is 1. The van der Waals surface area contributed by atoms with Crippen LogP contribution in [0.2, 0.25) is 0 Å². The molecule has 0 radical (unpaired) electrons. The van der Waals surface area contributed by atoms with Crippen LogP contribution in [0.3, 0.4) is 0 Å². The number of carbonyl (C=O) groups is 2. The molecule has 0 aromatic carbocycles. The van der Waals surface area contributed by atoms with E-state index in [1.54, 1.807) is 6.07 Å². The van der Waals surface area contributed by atoms with E-state index in [-0.39, 0.29) is 5.91 Å². The number of carboxylic acid groups (broad SMARTS) is 1. The van der Waals surface area contributed by atoms with Gasteiger partial charge in [0.05, 0.1) is 4.88 Å². The molecule has 110 valence electrons. The maximum atomic E-state index is 12.5. The van der Waals surface area contributed by atoms with E-state index in [1.165, 1.54) is 17.4 Å². The lowest BCUT2D eigenvalue weighted by Crippen LogP contribution is -2.34. The van der Waals surface area contributed by atoms with E-state index >= 15 is 0 Å². The van der Waals surface area contributed by atoms with Crippen LogP contribution in [0, 0.1) is 5.92 Å². The van der Waals surface area contributed by atoms with Crippen molar-refractivity contribution in [2.24, 2.45) is 5.92 Å². The molecule has 0 fully saturated rings. The van der Waals surface area contributed by atoms with Gasteiger partial charge in [-0.1, -0.05) is 20.3 Å². The number of hydrogen-bond donors (Lipinski definition) is 1. The number of carbonyl (C=O) groups excluding carboxylic acids is 1. The second kappa shape index (κ2) is 7.85. The average molecular weight is 295 g/mol. The average Bonchev–Trinajstić information content (AvgIpc) is 2.89. The third-order valence-electron chi connectivity index (χ3n) is 3.19. The summed E-state index contributed by atoms with van der Waals surface area (Å²) in [5.74, 6) is -0.578. The number of rotatable bonds is 7. The molecule has 1 unspecified atom stereocenters. The zero-order chi connectivity index (χ0) is 15.1. The highest BCUT2D eigenvalue weighted by atomic mass is 32.1. The highest BCUT2D eigenvalue weighted by Crippen LogP contribution is 2.21. The van der Waals surface area contributed by atoms with Gasteiger partial charge in [-0.25, -0.2) is 4.79 Å². The number of carboxylic acids is 1. The topological polar surface area (TPSA) is 57.6 Å². The van der Waals surface area contributed by atoms with Gasteiger partial charge >= 0.3 is 5.97 Å². The summed E-state index contributed by atoms with van der Waals surface area (Å²) in [7, 11) is 0. The van der Waals surface area contributed by atoms with Gasteiger partial charge in [-0.15, -0.1) is 11.3 Å². The molecule has 1 N–H and O–H groups in total. The lowest BCUT2D eigenvalue weighted by atomic mass is 10.1. The first-order chi connectivity index (χ1) is 9.49. The van der Waals surface area contributed by atoms with E-state index in [0.29, 0.717) is 22.9 Å². The van der Waals surface area contributed by atoms with Gasteiger partial charge in [0.15, 0.2) is 0 Å². The van der Waals surface area contributed by atoms with Crippen LogP contribution in [0.25, 0.3) is 6.08 Å². The summed E-state index contributed by atoms with van der Waals surface area (Å²) >= 11 is 1.35. The molecule has 1 aromatic heterocycles. The molecule has 0 saturated carbocycles. The fraction of sp³-hybridized carbons (Fsp3) is 0.467. The van der Waals surface area contributed by atoms with Crippen molar-refractivity contribution in [2.75, 3.05) is 13.1 Å². The van der Waals surface area contributed by atoms with Crippen molar-refractivity contribution in [1.29, 1.82) is 0 Å². The normalized spacial score (nSPS) is 12.6. The molecule has 4 nitrogen and oxygen atoms in total. The van der Waals surface area contributed by atoms with Gasteiger partial charge in [-0.05, 0) is 35.9 Å². The Balaban J connectivity index is 2.90. The minimum atomic E-state index is -1.01. The SMILES string of the molecule is CCC(C)CN(CC)C(=O)c1sccc1C=CC(=O)O. The predicted molar refractivity (Wildman–Crippen MR) is 82.0 cm³/mol. The molecule has 1 amide bonds. The Morgan fingerprint density at radius 2 is 2.15 bits per heavy atom. The summed E-state index contributed by atoms with van der Waals surface area (Å²) in [6, 6.07) is 1.77. The van der Waals surface area contributed by atoms with Crippen LogP contribution in [0.15, 0.2) is 17.5 Å². The van der Waals surface area contributed by atoms with Crippen molar-refractivity contribution in [3.63, 3.8) is 0 Å². The van der Waals surface area contributed by atoms with Gasteiger partial charge in [0.25, 0.3) is 5.91 Å². The van der Waals surface area contributed by atoms with E-state index in [4.69, 9.17) is 5.11 Å². The van der Waals surface area contributed by atoms with E-state index < -0.39 is 5.97 Å². The molecule has 0 aliphatic heterocycles. The first kappa shape index (κ1) is 16.4. The van der Waals surface area contributed by atoms with Gasteiger partial charge in [0.1, 0.15) is 0 Å². The molecule has 1 rings (SSSR count). The van der Waals surface area contributed by atoms with Crippen molar-refractivity contribution in [1.82, 2.24) is 4.90 Å². The fourth-order valence-electron chi connectivity index (χ4n) is 1.79. The van der Waals surface area contributed by atoms with E-state index in [2.05, 4.69) is 13.8 Å². The molecule has 0 aliphatic carbocycles. The summed E-state index contributed by atoms with van der Waals surface area (Å²) < 4.78 is 0. The molecule has 1 aromatic rings. The molecule has 20 heavy (non-hydrogen) atoms. The number of hydrogen-bond acceptors (Lipinski definition) is 3. The van der Waals surface area contributed by atoms with Crippen LogP contribution < -0.4 is 0 Å². The standard InChI is InChI=1S/C15H21NO3S/c1-4-11(3)10-16(5-2)15(19)14-12(8-9-20-14)6-7-13(17)18/h6-9,11H,4-5,10H2,1-3H3,(H,17,18). The smallest absolute Gasteiger partial charge is 0.328 e. The predicted octanol–water partition coefficient (Wildman–Crippen LogP) is 3.35. The maximum absolute atomic E-state index is 12.5. The molecular formula is C15H21NO3S. The Kier molecular flexibility index (Phi) is 6.45. The van der Waals surface area contributed by atoms with Crippen molar-refractivity contribution < 1.29 is 14.7 Å². The molecule has 0 aliphatic rings. The Morgan fingerprint density at radius 3 is 2.70 bits per heavy atom. The summed E-state index contributed by atoms with van der Waals surface area (Å²) in [5, 5.41) is 10.5. The van der Waals surface area contributed by atoms with Crippen LogP contribution in [0.1, 0.15) is 42.4 Å². The Bertz CT molecular complexity index is 493. The first-order valence-electron chi connectivity index (χ1n) is 6.77. The highest BCUT2D eigenvalue weighted by molar-refractivity contribution is 7.12. The van der Waals surface area contributed by atoms with Gasteiger partial charge in [0.2, 0.25) is 0 Å². The summed E-state index contributed by atoms with van der Waals surface area (Å²) in [6.07, 6.45) is 3.56. The van der Waals surface area contributed by atoms with Crippen molar-refractivity contribution in [3.05, 3.63) is 28.0 Å². The lowest BCUT2D eigenvalue weighted by molar-refractivity contribution is -0.131. The molecule has 5 heteroatoms. The van der Waals surface area contributed by atoms with E-state index in [1.807, 2.05) is 17.2 Å². The number of thiophene rings is 1. The second-order valence-electron chi connectivity index (χ2n) is 4.73. The lowest BCUT2D eigenvalue weighted by Gasteiger charge is -2.23. The minimum Gasteiger partial charge on any atom is -0.478 e. The third kappa shape index (κ3) is 4.49. The Morgan fingerprint density at radius 1 is 1.45 bits per heavy atom. The van der Waals surface area contributed by atoms with Crippen molar-refractivity contribution >= 4 is 29.3 Å². The quantitative estimate of drug-likeness (QED) is 0.785. The molecular weight excluding hydrogens is 274 g/mol. The van der Waals surface area contributed by atoms with Gasteiger partial charge in [-0.3, -0.25) is 4.79 Å². The number of amides is 1. The maximum Gasteiger partial charge on any atom is 0.328 e. The minimum absolute atomic E-state index is 0.0205. The molecule has 0 saturated heterocycles. The van der Waals surface area contributed by atoms with E-state index in [0.717, 1.165) is 19.0 Å². The van der Waals surface area contributed by atoms with Crippen LogP contribution in [-0.4, -0.2) is 35.0 Å². The van der Waals surface area contributed by atoms with Crippen LogP contribution in [-0.2, 0) is 4.79 Å². The zero-order valence-corrected chi connectivity index (χ0v) is 12.9. The first-order valence-corrected chi connectivity index (χ1v) is 7.65. The molecule has 1 atom stereocenters. The zero-order valence-electron chi connectivity index (χ0n) is 12.1. The fourth-order valence-corrected chi connectivity index (χ4v) is 2.64. The van der Waals surface area contributed by atoms with Crippen molar-refractivity contribution in [3.8, 4) is 0 Å². The third-order valence-corrected chi connectivity index (χ3v) is 4.11.